The molecule has 0 aliphatic rings. The fourth-order valence-corrected chi connectivity index (χ4v) is 1.34. The number of halogens is 3. The van der Waals surface area contributed by atoms with E-state index in [9.17, 15) is 0 Å². The number of quaternary nitrogens is 1. The van der Waals surface area contributed by atoms with Gasteiger partial charge in [0.15, 0.2) is 0 Å². The van der Waals surface area contributed by atoms with Gasteiger partial charge in [0.05, 0.1) is 26.2 Å². The Kier molecular flexibility index (Phi) is 15.5. The van der Waals surface area contributed by atoms with E-state index < -0.39 is 0 Å². The third-order valence-electron chi connectivity index (χ3n) is 2.68. The van der Waals surface area contributed by atoms with E-state index in [4.69, 9.17) is 0 Å². The van der Waals surface area contributed by atoms with Crippen LogP contribution in [0, 0.1) is 0 Å². The maximum absolute atomic E-state index is 2.39. The minimum absolute atomic E-state index is 0.530. The Bertz CT molecular complexity index is 66.9. The van der Waals surface area contributed by atoms with E-state index in [-0.39, 0.29) is 0 Å². The van der Waals surface area contributed by atoms with Crippen molar-refractivity contribution in [3.8, 4) is 0 Å². The Morgan fingerprint density at radius 1 is 0.833 bits per heavy atom. The van der Waals surface area contributed by atoms with Crippen molar-refractivity contribution in [3.63, 3.8) is 0 Å². The van der Waals surface area contributed by atoms with Gasteiger partial charge in [-0.15, -0.1) is 0 Å². The van der Waals surface area contributed by atoms with Gasteiger partial charge in [0.1, 0.15) is 0 Å². The van der Waals surface area contributed by atoms with E-state index in [0.717, 1.165) is 0 Å². The first-order valence-electron chi connectivity index (χ1n) is 4.38. The molecule has 0 N–H and O–H groups in total. The van der Waals surface area contributed by atoms with E-state index in [0.29, 0.717) is 13.3 Å². The van der Waals surface area contributed by atoms with Gasteiger partial charge in [0, 0.05) is 0 Å². The second-order valence-electron chi connectivity index (χ2n) is 2.66. The predicted molar refractivity (Wildman–Crippen MR) is 70.5 cm³/mol. The fraction of sp³-hybridized carbons (Fsp3) is 1.00. The second-order valence-corrected chi connectivity index (χ2v) is 18.9. The molecule has 0 saturated heterocycles. The third kappa shape index (κ3) is 7.54. The molecule has 0 bridgehead atoms. The van der Waals surface area contributed by atoms with Crippen molar-refractivity contribution in [2.45, 2.75) is 27.7 Å². The average molecular weight is 511 g/mol. The second kappa shape index (κ2) is 11.2. The van der Waals surface area contributed by atoms with Gasteiger partial charge in [-0.05, 0) is 27.7 Å². The van der Waals surface area contributed by atoms with Crippen molar-refractivity contribution in [2.24, 2.45) is 0 Å². The topological polar surface area (TPSA) is 0 Å². The van der Waals surface area contributed by atoms with Crippen LogP contribution >= 0.6 is 37.2 Å². The van der Waals surface area contributed by atoms with Crippen molar-refractivity contribution in [1.29, 1.82) is 0 Å². The van der Waals surface area contributed by atoms with Crippen molar-refractivity contribution in [1.82, 2.24) is 0 Å². The summed E-state index contributed by atoms with van der Waals surface area (Å²) in [5, 5.41) is 0. The molecule has 0 amide bonds. The van der Waals surface area contributed by atoms with E-state index in [1.807, 2.05) is 0 Å². The van der Waals surface area contributed by atoms with Crippen LogP contribution in [0.3, 0.4) is 0 Å². The molecule has 0 unspecified atom stereocenters. The van der Waals surface area contributed by atoms with Crippen molar-refractivity contribution >= 4 is 37.2 Å². The molecular formula is C8H20I3N. The Labute approximate surface area is 107 Å². The van der Waals surface area contributed by atoms with Crippen molar-refractivity contribution in [2.75, 3.05) is 26.2 Å². The monoisotopic (exact) mass is 511 g/mol. The van der Waals surface area contributed by atoms with E-state index >= 15 is 0 Å². The standard InChI is InChI=1S/C8H20N.I3/c1-5-9(6-2,7-3)8-4;1-3-2/h5-8H2,1-4H3;/q+1;-1. The summed E-state index contributed by atoms with van der Waals surface area (Å²) in [5.74, 6) is 0. The molecule has 0 atom stereocenters. The van der Waals surface area contributed by atoms with Crippen LogP contribution in [0.1, 0.15) is 27.7 Å². The van der Waals surface area contributed by atoms with E-state index in [1.54, 1.807) is 0 Å². The van der Waals surface area contributed by atoms with Crippen molar-refractivity contribution in [3.05, 3.63) is 0 Å². The first-order chi connectivity index (χ1) is 5.66. The SMILES string of the molecule is CC[N+](CC)(CC)CC.I[I-]I. The molecule has 0 radical (unpaired) electrons. The molecule has 0 spiro atoms. The molecule has 0 aromatic rings. The molecule has 0 fully saturated rings. The zero-order valence-corrected chi connectivity index (χ0v) is 14.9. The van der Waals surface area contributed by atoms with Crippen LogP contribution in [0.5, 0.6) is 0 Å². The Morgan fingerprint density at radius 2 is 1.00 bits per heavy atom. The Morgan fingerprint density at radius 3 is 1.00 bits per heavy atom. The molecule has 4 heteroatoms. The zero-order valence-electron chi connectivity index (χ0n) is 8.41. The summed E-state index contributed by atoms with van der Waals surface area (Å²) in [6, 6.07) is 0. The third-order valence-corrected chi connectivity index (χ3v) is 2.68. The van der Waals surface area contributed by atoms with E-state index in [1.165, 1.54) is 30.7 Å². The Hall–Kier alpha value is 2.15. The molecule has 0 aliphatic carbocycles. The van der Waals surface area contributed by atoms with E-state index in [2.05, 4.69) is 64.9 Å². The summed E-state index contributed by atoms with van der Waals surface area (Å²) in [4.78, 5) is 0. The van der Waals surface area contributed by atoms with Crippen LogP contribution in [-0.2, 0) is 0 Å². The molecule has 0 aliphatic heterocycles. The van der Waals surface area contributed by atoms with Crippen LogP contribution in [0.4, 0.5) is 0 Å². The van der Waals surface area contributed by atoms with Crippen LogP contribution in [0.15, 0.2) is 0 Å². The summed E-state index contributed by atoms with van der Waals surface area (Å²) in [6.07, 6.45) is 0. The first-order valence-corrected chi connectivity index (χ1v) is 17.0. The van der Waals surface area contributed by atoms with Gasteiger partial charge in [-0.25, -0.2) is 0 Å². The van der Waals surface area contributed by atoms with Crippen molar-refractivity contribution < 1.29 is 17.7 Å². The van der Waals surface area contributed by atoms with Gasteiger partial charge >= 0.3 is 50.5 Å². The normalized spacial score (nSPS) is 10.8. The van der Waals surface area contributed by atoms with Gasteiger partial charge in [-0.2, -0.15) is 0 Å². The predicted octanol–water partition coefficient (Wildman–Crippen LogP) is 0.658. The molecule has 12 heavy (non-hydrogen) atoms. The molecule has 0 saturated carbocycles. The molecule has 78 valence electrons. The molecule has 0 heterocycles. The van der Waals surface area contributed by atoms with Crippen LogP contribution in [0.2, 0.25) is 0 Å². The van der Waals surface area contributed by atoms with Gasteiger partial charge in [0.2, 0.25) is 0 Å². The van der Waals surface area contributed by atoms with Gasteiger partial charge in [0.25, 0.3) is 0 Å². The Balaban J connectivity index is 0. The van der Waals surface area contributed by atoms with Gasteiger partial charge < -0.3 is 4.48 Å². The minimum atomic E-state index is 0.530. The fourth-order valence-electron chi connectivity index (χ4n) is 1.34. The quantitative estimate of drug-likeness (QED) is 0.385. The number of hydrogen-bond acceptors (Lipinski definition) is 0. The number of nitrogens with zero attached hydrogens (tertiary/aromatic N) is 1. The van der Waals surface area contributed by atoms with Crippen LogP contribution in [-0.4, -0.2) is 30.7 Å². The van der Waals surface area contributed by atoms with Crippen LogP contribution in [0.25, 0.3) is 0 Å². The molecule has 0 aromatic carbocycles. The summed E-state index contributed by atoms with van der Waals surface area (Å²) >= 11 is 5.30. The molecular weight excluding hydrogens is 491 g/mol. The van der Waals surface area contributed by atoms with Gasteiger partial charge in [-0.3, -0.25) is 0 Å². The molecule has 0 rings (SSSR count). The number of rotatable bonds is 4. The number of hydrogen-bond donors (Lipinski definition) is 0. The maximum atomic E-state index is 2.39. The average Bonchev–Trinajstić information content (AvgIpc) is 2.11. The zero-order chi connectivity index (χ0) is 10.0. The summed E-state index contributed by atoms with van der Waals surface area (Å²) in [7, 11) is 0. The van der Waals surface area contributed by atoms with Gasteiger partial charge in [-0.1, -0.05) is 0 Å². The summed E-state index contributed by atoms with van der Waals surface area (Å²) in [6.45, 7) is 14.2. The molecule has 0 aromatic heterocycles. The molecule has 1 nitrogen and oxygen atoms in total. The summed E-state index contributed by atoms with van der Waals surface area (Å²) in [5.41, 5.74) is 0. The van der Waals surface area contributed by atoms with Crippen LogP contribution < -0.4 is 13.3 Å². The first kappa shape index (κ1) is 16.6. The summed E-state index contributed by atoms with van der Waals surface area (Å²) < 4.78 is 1.28.